The molecule has 0 aliphatic rings. The minimum atomic E-state index is -0.721. The molecule has 1 amide bonds. The molecule has 0 radical (unpaired) electrons. The van der Waals surface area contributed by atoms with Crippen LogP contribution in [-0.2, 0) is 9.53 Å². The molecule has 1 N–H and O–H groups in total. The smallest absolute Gasteiger partial charge is 0.338 e. The monoisotopic (exact) mass is 287 g/mol. The number of amides is 1. The molecule has 0 heterocycles. The summed E-state index contributed by atoms with van der Waals surface area (Å²) in [7, 11) is 0. The Labute approximate surface area is 115 Å². The predicted molar refractivity (Wildman–Crippen MR) is 69.6 cm³/mol. The largest absolute Gasteiger partial charge is 0.452 e. The summed E-state index contributed by atoms with van der Waals surface area (Å²) in [5.41, 5.74) is 0.0998. The van der Waals surface area contributed by atoms with Crippen LogP contribution in [0, 0.1) is 5.82 Å². The van der Waals surface area contributed by atoms with Crippen molar-refractivity contribution in [3.8, 4) is 0 Å². The molecule has 19 heavy (non-hydrogen) atoms. The number of halogens is 2. The van der Waals surface area contributed by atoms with Gasteiger partial charge in [0.05, 0.1) is 10.6 Å². The molecular weight excluding hydrogens is 273 g/mol. The van der Waals surface area contributed by atoms with Crippen molar-refractivity contribution in [2.24, 2.45) is 0 Å². The highest BCUT2D eigenvalue weighted by Gasteiger charge is 2.13. The first kappa shape index (κ1) is 15.4. The second-order valence-electron chi connectivity index (χ2n) is 4.08. The highest BCUT2D eigenvalue weighted by atomic mass is 35.5. The fraction of sp³-hybridized carbons (Fsp3) is 0.385. The maximum Gasteiger partial charge on any atom is 0.338 e. The molecule has 0 aliphatic heterocycles. The number of hydrogen-bond donors (Lipinski definition) is 1. The van der Waals surface area contributed by atoms with Crippen LogP contribution in [0.15, 0.2) is 18.2 Å². The van der Waals surface area contributed by atoms with Crippen molar-refractivity contribution in [2.45, 2.75) is 26.3 Å². The summed E-state index contributed by atoms with van der Waals surface area (Å²) < 4.78 is 17.7. The molecule has 4 nitrogen and oxygen atoms in total. The summed E-state index contributed by atoms with van der Waals surface area (Å²) in [5, 5.41) is 2.49. The molecule has 0 bridgehead atoms. The molecule has 6 heteroatoms. The van der Waals surface area contributed by atoms with Crippen LogP contribution in [-0.4, -0.2) is 24.5 Å². The first-order valence-electron chi connectivity index (χ1n) is 5.85. The van der Waals surface area contributed by atoms with Gasteiger partial charge < -0.3 is 10.1 Å². The molecule has 104 valence electrons. The number of carbonyl (C=O) groups excluding carboxylic acids is 2. The third-order valence-corrected chi connectivity index (χ3v) is 2.80. The Bertz CT molecular complexity index is 479. The van der Waals surface area contributed by atoms with E-state index in [2.05, 4.69) is 5.32 Å². The van der Waals surface area contributed by atoms with Gasteiger partial charge >= 0.3 is 5.97 Å². The fourth-order valence-corrected chi connectivity index (χ4v) is 1.44. The second-order valence-corrected chi connectivity index (χ2v) is 4.49. The number of nitrogens with one attached hydrogen (secondary N) is 1. The van der Waals surface area contributed by atoms with Gasteiger partial charge in [0.25, 0.3) is 5.91 Å². The van der Waals surface area contributed by atoms with E-state index in [9.17, 15) is 14.0 Å². The SMILES string of the molecule is CC[C@H](C)NC(=O)COC(=O)c1ccc(F)c(Cl)c1. The molecule has 0 unspecified atom stereocenters. The van der Waals surface area contributed by atoms with Crippen molar-refractivity contribution < 1.29 is 18.7 Å². The van der Waals surface area contributed by atoms with Crippen LogP contribution in [0.1, 0.15) is 30.6 Å². The molecule has 1 atom stereocenters. The van der Waals surface area contributed by atoms with E-state index < -0.39 is 11.8 Å². The third kappa shape index (κ3) is 4.87. The molecule has 1 rings (SSSR count). The van der Waals surface area contributed by atoms with Gasteiger partial charge in [-0.3, -0.25) is 4.79 Å². The van der Waals surface area contributed by atoms with Crippen molar-refractivity contribution >= 4 is 23.5 Å². The van der Waals surface area contributed by atoms with Crippen LogP contribution < -0.4 is 5.32 Å². The van der Waals surface area contributed by atoms with Gasteiger partial charge in [0.1, 0.15) is 5.82 Å². The number of hydrogen-bond acceptors (Lipinski definition) is 3. The highest BCUT2D eigenvalue weighted by Crippen LogP contribution is 2.16. The maximum atomic E-state index is 12.9. The van der Waals surface area contributed by atoms with E-state index >= 15 is 0 Å². The Morgan fingerprint density at radius 1 is 1.47 bits per heavy atom. The van der Waals surface area contributed by atoms with Crippen LogP contribution in [0.3, 0.4) is 0 Å². The Balaban J connectivity index is 2.51. The van der Waals surface area contributed by atoms with Crippen LogP contribution in [0.2, 0.25) is 5.02 Å². The van der Waals surface area contributed by atoms with Crippen LogP contribution >= 0.6 is 11.6 Å². The lowest BCUT2D eigenvalue weighted by atomic mass is 10.2. The predicted octanol–water partition coefficient (Wildman–Crippen LogP) is 2.55. The van der Waals surface area contributed by atoms with Crippen molar-refractivity contribution in [3.05, 3.63) is 34.6 Å². The van der Waals surface area contributed by atoms with Gasteiger partial charge in [0.2, 0.25) is 0 Å². The summed E-state index contributed by atoms with van der Waals surface area (Å²) in [6.45, 7) is 3.40. The van der Waals surface area contributed by atoms with E-state index in [0.29, 0.717) is 0 Å². The Morgan fingerprint density at radius 3 is 2.74 bits per heavy atom. The summed E-state index contributed by atoms with van der Waals surface area (Å²) in [5.74, 6) is -1.72. The minimum Gasteiger partial charge on any atom is -0.452 e. The van der Waals surface area contributed by atoms with Crippen molar-refractivity contribution in [2.75, 3.05) is 6.61 Å². The van der Waals surface area contributed by atoms with Gasteiger partial charge in [-0.1, -0.05) is 18.5 Å². The molecule has 0 aromatic heterocycles. The number of esters is 1. The first-order valence-corrected chi connectivity index (χ1v) is 6.23. The van der Waals surface area contributed by atoms with Gasteiger partial charge in [-0.25, -0.2) is 9.18 Å². The van der Waals surface area contributed by atoms with Crippen LogP contribution in [0.5, 0.6) is 0 Å². The summed E-state index contributed by atoms with van der Waals surface area (Å²) in [6.07, 6.45) is 0.785. The zero-order valence-electron chi connectivity index (χ0n) is 10.7. The third-order valence-electron chi connectivity index (χ3n) is 2.51. The van der Waals surface area contributed by atoms with E-state index in [4.69, 9.17) is 16.3 Å². The van der Waals surface area contributed by atoms with E-state index in [1.165, 1.54) is 6.07 Å². The molecule has 0 saturated carbocycles. The molecule has 1 aromatic carbocycles. The van der Waals surface area contributed by atoms with Crippen molar-refractivity contribution in [1.82, 2.24) is 5.32 Å². The number of rotatable bonds is 5. The average molecular weight is 288 g/mol. The van der Waals surface area contributed by atoms with E-state index in [0.717, 1.165) is 18.6 Å². The summed E-state index contributed by atoms with van der Waals surface area (Å²) >= 11 is 5.55. The lowest BCUT2D eigenvalue weighted by Gasteiger charge is -2.11. The normalized spacial score (nSPS) is 11.8. The van der Waals surface area contributed by atoms with Crippen molar-refractivity contribution in [3.63, 3.8) is 0 Å². The molecule has 0 spiro atoms. The maximum absolute atomic E-state index is 12.9. The van der Waals surface area contributed by atoms with Gasteiger partial charge in [-0.05, 0) is 31.5 Å². The topological polar surface area (TPSA) is 55.4 Å². The first-order chi connectivity index (χ1) is 8.93. The van der Waals surface area contributed by atoms with Crippen LogP contribution in [0.4, 0.5) is 4.39 Å². The van der Waals surface area contributed by atoms with E-state index in [1.54, 1.807) is 0 Å². The highest BCUT2D eigenvalue weighted by molar-refractivity contribution is 6.31. The Morgan fingerprint density at radius 2 is 2.16 bits per heavy atom. The van der Waals surface area contributed by atoms with E-state index in [-0.39, 0.29) is 29.1 Å². The minimum absolute atomic E-state index is 0.0199. The zero-order valence-corrected chi connectivity index (χ0v) is 11.5. The van der Waals surface area contributed by atoms with Gasteiger partial charge in [0.15, 0.2) is 6.61 Å². The lowest BCUT2D eigenvalue weighted by Crippen LogP contribution is -2.35. The molecule has 0 aliphatic carbocycles. The lowest BCUT2D eigenvalue weighted by molar-refractivity contribution is -0.124. The Hall–Kier alpha value is -1.62. The zero-order chi connectivity index (χ0) is 14.4. The quantitative estimate of drug-likeness (QED) is 0.847. The van der Waals surface area contributed by atoms with Gasteiger partial charge in [0, 0.05) is 6.04 Å². The summed E-state index contributed by atoms with van der Waals surface area (Å²) in [4.78, 5) is 23.0. The summed E-state index contributed by atoms with van der Waals surface area (Å²) in [6, 6.07) is 3.49. The number of benzene rings is 1. The van der Waals surface area contributed by atoms with Crippen molar-refractivity contribution in [1.29, 1.82) is 0 Å². The van der Waals surface area contributed by atoms with Crippen LogP contribution in [0.25, 0.3) is 0 Å². The number of carbonyl (C=O) groups is 2. The van der Waals surface area contributed by atoms with E-state index in [1.807, 2.05) is 13.8 Å². The fourth-order valence-electron chi connectivity index (χ4n) is 1.26. The number of ether oxygens (including phenoxy) is 1. The average Bonchev–Trinajstić information content (AvgIpc) is 2.39. The molecule has 0 saturated heterocycles. The van der Waals surface area contributed by atoms with Gasteiger partial charge in [-0.2, -0.15) is 0 Å². The second kappa shape index (κ2) is 7.09. The molecule has 0 fully saturated rings. The Kier molecular flexibility index (Phi) is 5.76. The standard InChI is InChI=1S/C13H15ClFNO3/c1-3-8(2)16-12(17)7-19-13(18)9-4-5-11(15)10(14)6-9/h4-6,8H,3,7H2,1-2H3,(H,16,17)/t8-/m0/s1. The molecular formula is C13H15ClFNO3. The van der Waals surface area contributed by atoms with Gasteiger partial charge in [-0.15, -0.1) is 0 Å². The molecule has 1 aromatic rings.